The predicted molar refractivity (Wildman–Crippen MR) is 84.2 cm³/mol. The monoisotopic (exact) mass is 274 g/mol. The summed E-state index contributed by atoms with van der Waals surface area (Å²) in [6.07, 6.45) is 3.70. The average molecular weight is 274 g/mol. The zero-order valence-corrected chi connectivity index (χ0v) is 12.8. The summed E-state index contributed by atoms with van der Waals surface area (Å²) >= 11 is 0. The van der Waals surface area contributed by atoms with Gasteiger partial charge in [0, 0.05) is 18.8 Å². The van der Waals surface area contributed by atoms with Crippen LogP contribution in [-0.2, 0) is 0 Å². The van der Waals surface area contributed by atoms with E-state index < -0.39 is 0 Å². The number of carbonyl (C=O) groups excluding carboxylic acids is 1. The molecule has 1 fully saturated rings. The highest BCUT2D eigenvalue weighted by atomic mass is 16.1. The maximum Gasteiger partial charge on any atom is 0.253 e. The molecule has 2 N–H and O–H groups in total. The highest BCUT2D eigenvalue weighted by Crippen LogP contribution is 2.36. The SMILES string of the molecule is CCCNc1cc(C)ccc1C(=O)NCC(C)C1CC1. The first-order valence-corrected chi connectivity index (χ1v) is 7.74. The van der Waals surface area contributed by atoms with Crippen LogP contribution in [0.4, 0.5) is 5.69 Å². The first-order valence-electron chi connectivity index (χ1n) is 7.74. The Balaban J connectivity index is 1.99. The second kappa shape index (κ2) is 6.78. The van der Waals surface area contributed by atoms with Crippen molar-refractivity contribution in [3.05, 3.63) is 29.3 Å². The molecule has 0 bridgehead atoms. The number of amides is 1. The standard InChI is InChI=1S/C17H26N2O/c1-4-9-18-16-10-12(2)5-8-15(16)17(20)19-11-13(3)14-6-7-14/h5,8,10,13-14,18H,4,6-7,9,11H2,1-3H3,(H,19,20). The van der Waals surface area contributed by atoms with Crippen LogP contribution in [0.15, 0.2) is 18.2 Å². The predicted octanol–water partition coefficient (Wildman–Crippen LogP) is 3.59. The summed E-state index contributed by atoms with van der Waals surface area (Å²) in [4.78, 5) is 12.3. The quantitative estimate of drug-likeness (QED) is 0.797. The van der Waals surface area contributed by atoms with Gasteiger partial charge in [0.1, 0.15) is 0 Å². The highest BCUT2D eigenvalue weighted by Gasteiger charge is 2.28. The van der Waals surface area contributed by atoms with E-state index in [1.54, 1.807) is 0 Å². The van der Waals surface area contributed by atoms with Gasteiger partial charge < -0.3 is 10.6 Å². The number of nitrogens with one attached hydrogen (secondary N) is 2. The Morgan fingerprint density at radius 3 is 2.80 bits per heavy atom. The highest BCUT2D eigenvalue weighted by molar-refractivity contribution is 5.99. The Labute approximate surface area is 122 Å². The minimum absolute atomic E-state index is 0.0381. The number of hydrogen-bond acceptors (Lipinski definition) is 2. The first-order chi connectivity index (χ1) is 9.61. The maximum absolute atomic E-state index is 12.3. The van der Waals surface area contributed by atoms with Crippen molar-refractivity contribution in [2.45, 2.75) is 40.0 Å². The number of carbonyl (C=O) groups is 1. The molecule has 110 valence electrons. The molecule has 0 aliphatic heterocycles. The van der Waals surface area contributed by atoms with Gasteiger partial charge in [0.2, 0.25) is 0 Å². The van der Waals surface area contributed by atoms with Crippen LogP contribution >= 0.6 is 0 Å². The Morgan fingerprint density at radius 1 is 1.40 bits per heavy atom. The summed E-state index contributed by atoms with van der Waals surface area (Å²) in [7, 11) is 0. The largest absolute Gasteiger partial charge is 0.384 e. The molecule has 20 heavy (non-hydrogen) atoms. The molecule has 0 radical (unpaired) electrons. The van der Waals surface area contributed by atoms with Crippen molar-refractivity contribution in [1.29, 1.82) is 0 Å². The Kier molecular flexibility index (Phi) is 5.05. The van der Waals surface area contributed by atoms with E-state index in [9.17, 15) is 4.79 Å². The van der Waals surface area contributed by atoms with E-state index in [1.165, 1.54) is 18.4 Å². The van der Waals surface area contributed by atoms with Crippen molar-refractivity contribution < 1.29 is 4.79 Å². The van der Waals surface area contributed by atoms with Crippen molar-refractivity contribution >= 4 is 11.6 Å². The average Bonchev–Trinajstić information content (AvgIpc) is 3.26. The fourth-order valence-electron chi connectivity index (χ4n) is 2.44. The van der Waals surface area contributed by atoms with E-state index in [2.05, 4.69) is 30.5 Å². The van der Waals surface area contributed by atoms with Gasteiger partial charge in [-0.15, -0.1) is 0 Å². The van der Waals surface area contributed by atoms with Crippen LogP contribution in [0.25, 0.3) is 0 Å². The molecular weight excluding hydrogens is 248 g/mol. The molecule has 0 saturated heterocycles. The molecule has 1 aromatic carbocycles. The molecular formula is C17H26N2O. The summed E-state index contributed by atoms with van der Waals surface area (Å²) in [5, 5.41) is 6.42. The van der Waals surface area contributed by atoms with Crippen molar-refractivity contribution in [1.82, 2.24) is 5.32 Å². The molecule has 0 aromatic heterocycles. The summed E-state index contributed by atoms with van der Waals surface area (Å²) in [6.45, 7) is 8.07. The molecule has 1 atom stereocenters. The summed E-state index contributed by atoms with van der Waals surface area (Å²) < 4.78 is 0. The van der Waals surface area contributed by atoms with Crippen LogP contribution in [0.3, 0.4) is 0 Å². The van der Waals surface area contributed by atoms with Crippen LogP contribution < -0.4 is 10.6 Å². The lowest BCUT2D eigenvalue weighted by Crippen LogP contribution is -2.29. The molecule has 1 unspecified atom stereocenters. The van der Waals surface area contributed by atoms with Gasteiger partial charge in [-0.1, -0.05) is 19.9 Å². The minimum Gasteiger partial charge on any atom is -0.384 e. The number of aryl methyl sites for hydroxylation is 1. The molecule has 1 aliphatic rings. The second-order valence-corrected chi connectivity index (χ2v) is 6.00. The van der Waals surface area contributed by atoms with Crippen LogP contribution in [0, 0.1) is 18.8 Å². The van der Waals surface area contributed by atoms with Gasteiger partial charge in [-0.2, -0.15) is 0 Å². The van der Waals surface area contributed by atoms with E-state index in [0.717, 1.165) is 36.7 Å². The van der Waals surface area contributed by atoms with Gasteiger partial charge in [0.15, 0.2) is 0 Å². The van der Waals surface area contributed by atoms with Crippen molar-refractivity contribution in [2.75, 3.05) is 18.4 Å². The molecule has 1 aromatic rings. The van der Waals surface area contributed by atoms with E-state index in [1.807, 2.05) is 19.1 Å². The smallest absolute Gasteiger partial charge is 0.253 e. The van der Waals surface area contributed by atoms with E-state index in [-0.39, 0.29) is 5.91 Å². The fourth-order valence-corrected chi connectivity index (χ4v) is 2.44. The Hall–Kier alpha value is -1.51. The molecule has 0 heterocycles. The van der Waals surface area contributed by atoms with Crippen LogP contribution in [-0.4, -0.2) is 19.0 Å². The molecule has 0 spiro atoms. The van der Waals surface area contributed by atoms with Gasteiger partial charge in [0.05, 0.1) is 5.56 Å². The molecule has 2 rings (SSSR count). The van der Waals surface area contributed by atoms with Crippen molar-refractivity contribution in [3.8, 4) is 0 Å². The number of rotatable bonds is 7. The summed E-state index contributed by atoms with van der Waals surface area (Å²) in [5.41, 5.74) is 2.88. The maximum atomic E-state index is 12.3. The van der Waals surface area contributed by atoms with E-state index in [0.29, 0.717) is 5.92 Å². The molecule has 1 aliphatic carbocycles. The fraction of sp³-hybridized carbons (Fsp3) is 0.588. The zero-order valence-electron chi connectivity index (χ0n) is 12.8. The molecule has 1 amide bonds. The minimum atomic E-state index is 0.0381. The number of hydrogen-bond donors (Lipinski definition) is 2. The lowest BCUT2D eigenvalue weighted by molar-refractivity contribution is 0.0947. The van der Waals surface area contributed by atoms with Crippen LogP contribution in [0.2, 0.25) is 0 Å². The lowest BCUT2D eigenvalue weighted by atomic mass is 10.1. The topological polar surface area (TPSA) is 41.1 Å². The number of benzene rings is 1. The number of anilines is 1. The molecule has 3 nitrogen and oxygen atoms in total. The van der Waals surface area contributed by atoms with Crippen LogP contribution in [0.1, 0.15) is 49.0 Å². The first kappa shape index (κ1) is 14.9. The van der Waals surface area contributed by atoms with Gasteiger partial charge in [0.25, 0.3) is 5.91 Å². The van der Waals surface area contributed by atoms with Gasteiger partial charge in [-0.3, -0.25) is 4.79 Å². The Morgan fingerprint density at radius 2 is 2.15 bits per heavy atom. The van der Waals surface area contributed by atoms with Crippen molar-refractivity contribution in [3.63, 3.8) is 0 Å². The van der Waals surface area contributed by atoms with Crippen molar-refractivity contribution in [2.24, 2.45) is 11.8 Å². The van der Waals surface area contributed by atoms with Crippen LogP contribution in [0.5, 0.6) is 0 Å². The third-order valence-corrected chi connectivity index (χ3v) is 4.00. The summed E-state index contributed by atoms with van der Waals surface area (Å²) in [5.74, 6) is 1.46. The van der Waals surface area contributed by atoms with E-state index in [4.69, 9.17) is 0 Å². The van der Waals surface area contributed by atoms with Gasteiger partial charge >= 0.3 is 0 Å². The third-order valence-electron chi connectivity index (χ3n) is 4.00. The zero-order chi connectivity index (χ0) is 14.5. The van der Waals surface area contributed by atoms with E-state index >= 15 is 0 Å². The molecule has 3 heteroatoms. The van der Waals surface area contributed by atoms with Gasteiger partial charge in [-0.05, 0) is 55.7 Å². The normalized spacial score (nSPS) is 15.8. The van der Waals surface area contributed by atoms with Gasteiger partial charge in [-0.25, -0.2) is 0 Å². The molecule has 1 saturated carbocycles. The Bertz CT molecular complexity index is 466. The second-order valence-electron chi connectivity index (χ2n) is 6.00. The summed E-state index contributed by atoms with van der Waals surface area (Å²) in [6, 6.07) is 5.97. The lowest BCUT2D eigenvalue weighted by Gasteiger charge is -2.15. The third kappa shape index (κ3) is 3.99.